The molecule has 0 radical (unpaired) electrons. The molecule has 3 atom stereocenters. The van der Waals surface area contributed by atoms with E-state index in [0.717, 1.165) is 5.56 Å². The number of carbonyl (C=O) groups excluding carboxylic acids is 4. The molecule has 40 heavy (non-hydrogen) atoms. The molecular weight excluding hydrogens is 528 g/mol. The van der Waals surface area contributed by atoms with Crippen LogP contribution < -0.4 is 21.3 Å². The highest BCUT2D eigenvalue weighted by Gasteiger charge is 2.29. The summed E-state index contributed by atoms with van der Waals surface area (Å²) in [6.45, 7) is 4.26. The first kappa shape index (κ1) is 28.9. The highest BCUT2D eigenvalue weighted by atomic mass is 32.1. The molecule has 2 aromatic heterocycles. The van der Waals surface area contributed by atoms with Gasteiger partial charge in [-0.15, -0.1) is 11.3 Å². The lowest BCUT2D eigenvalue weighted by atomic mass is 10.0. The van der Waals surface area contributed by atoms with E-state index in [4.69, 9.17) is 0 Å². The molecule has 3 heterocycles. The third kappa shape index (κ3) is 7.72. The van der Waals surface area contributed by atoms with Crippen LogP contribution in [0.1, 0.15) is 70.7 Å². The lowest BCUT2D eigenvalue weighted by Gasteiger charge is -2.25. The highest BCUT2D eigenvalue weighted by molar-refractivity contribution is 7.09. The van der Waals surface area contributed by atoms with Gasteiger partial charge in [0.05, 0.1) is 6.04 Å². The van der Waals surface area contributed by atoms with Crippen molar-refractivity contribution in [3.8, 4) is 0 Å². The maximum atomic E-state index is 13.4. The largest absolute Gasteiger partial charge is 0.354 e. The number of nitrogens with one attached hydrogen (secondary N) is 4. The van der Waals surface area contributed by atoms with Crippen molar-refractivity contribution < 1.29 is 19.2 Å². The van der Waals surface area contributed by atoms with Gasteiger partial charge in [-0.25, -0.2) is 4.98 Å². The zero-order valence-electron chi connectivity index (χ0n) is 22.6. The van der Waals surface area contributed by atoms with Gasteiger partial charge in [-0.3, -0.25) is 24.2 Å². The van der Waals surface area contributed by atoms with Crippen LogP contribution in [0.2, 0.25) is 0 Å². The smallest absolute Gasteiger partial charge is 0.271 e. The lowest BCUT2D eigenvalue weighted by Crippen LogP contribution is -2.49. The first-order valence-electron chi connectivity index (χ1n) is 13.4. The molecule has 4 rings (SSSR count). The summed E-state index contributed by atoms with van der Waals surface area (Å²) in [5.74, 6) is -1.57. The third-order valence-electron chi connectivity index (χ3n) is 6.63. The van der Waals surface area contributed by atoms with Crippen molar-refractivity contribution in [2.75, 3.05) is 6.54 Å². The average molecular weight is 563 g/mol. The minimum absolute atomic E-state index is 0.0337. The van der Waals surface area contributed by atoms with E-state index in [1.807, 2.05) is 44.2 Å². The van der Waals surface area contributed by atoms with Gasteiger partial charge < -0.3 is 21.3 Å². The van der Waals surface area contributed by atoms with Gasteiger partial charge in [-0.2, -0.15) is 0 Å². The Morgan fingerprint density at radius 1 is 1.02 bits per heavy atom. The molecule has 4 amide bonds. The second kappa shape index (κ2) is 13.8. The van der Waals surface area contributed by atoms with Gasteiger partial charge in [0.25, 0.3) is 11.8 Å². The van der Waals surface area contributed by atoms with E-state index in [2.05, 4.69) is 31.2 Å². The van der Waals surface area contributed by atoms with Gasteiger partial charge >= 0.3 is 0 Å². The van der Waals surface area contributed by atoms with Crippen LogP contribution in [0, 0.1) is 5.92 Å². The fourth-order valence-corrected chi connectivity index (χ4v) is 5.42. The number of fused-ring (bicyclic) bond motifs is 2. The van der Waals surface area contributed by atoms with E-state index in [1.54, 1.807) is 23.6 Å². The van der Waals surface area contributed by atoms with Crippen molar-refractivity contribution in [1.29, 1.82) is 0 Å². The molecule has 0 saturated carbocycles. The first-order chi connectivity index (χ1) is 19.3. The van der Waals surface area contributed by atoms with Gasteiger partial charge in [0, 0.05) is 24.5 Å². The van der Waals surface area contributed by atoms with Crippen LogP contribution in [0.15, 0.2) is 60.1 Å². The number of aromatic nitrogens is 2. The zero-order chi connectivity index (χ0) is 28.5. The molecule has 2 bridgehead atoms. The molecule has 1 aromatic carbocycles. The Bertz CT molecular complexity index is 1310. The summed E-state index contributed by atoms with van der Waals surface area (Å²) in [5, 5.41) is 13.8. The molecule has 0 aliphatic carbocycles. The number of rotatable bonds is 5. The van der Waals surface area contributed by atoms with Gasteiger partial charge in [0.2, 0.25) is 11.8 Å². The Labute approximate surface area is 237 Å². The summed E-state index contributed by atoms with van der Waals surface area (Å²) in [7, 11) is 0. The number of carbonyl (C=O) groups is 4. The summed E-state index contributed by atoms with van der Waals surface area (Å²) < 4.78 is 0. The first-order valence-corrected chi connectivity index (χ1v) is 14.3. The van der Waals surface area contributed by atoms with Crippen LogP contribution in [0.4, 0.5) is 0 Å². The summed E-state index contributed by atoms with van der Waals surface area (Å²) in [6.07, 6.45) is 3.39. The molecule has 1 aliphatic heterocycles. The Morgan fingerprint density at radius 3 is 2.52 bits per heavy atom. The Balaban J connectivity index is 1.58. The fourth-order valence-electron chi connectivity index (χ4n) is 4.40. The van der Waals surface area contributed by atoms with Crippen LogP contribution in [-0.2, 0) is 16.0 Å². The monoisotopic (exact) mass is 562 g/mol. The standard InChI is InChI=1S/C29H34N6O4S/c1-18(2)24-29-34-23(17-40-29)28(39)33-22(16-19-10-4-3-5-11-19)25(36)31-15-9-7-13-21(27(38)35-24)32-26(37)20-12-6-8-14-30-20/h3-6,8,10-12,14,17-18,21-22,24H,7,9,13,15-16H2,1-2H3,(H,31,36)(H,32,37)(H,33,39)(H,35,38)/t21-,22+,24+/m0/s1. The summed E-state index contributed by atoms with van der Waals surface area (Å²) >= 11 is 1.27. The minimum Gasteiger partial charge on any atom is -0.354 e. The van der Waals surface area contributed by atoms with E-state index in [-0.39, 0.29) is 29.1 Å². The minimum atomic E-state index is -0.812. The zero-order valence-corrected chi connectivity index (χ0v) is 23.4. The van der Waals surface area contributed by atoms with Crippen LogP contribution in [0.3, 0.4) is 0 Å². The number of hydrogen-bond donors (Lipinski definition) is 4. The van der Waals surface area contributed by atoms with Crippen molar-refractivity contribution in [3.05, 3.63) is 82.1 Å². The molecule has 210 valence electrons. The Hall–Kier alpha value is -4.12. The maximum Gasteiger partial charge on any atom is 0.271 e. The number of nitrogens with zero attached hydrogens (tertiary/aromatic N) is 2. The summed E-state index contributed by atoms with van der Waals surface area (Å²) in [6, 6.07) is 12.4. The van der Waals surface area contributed by atoms with E-state index in [9.17, 15) is 19.2 Å². The normalized spacial score (nSPS) is 20.8. The van der Waals surface area contributed by atoms with Crippen LogP contribution in [0.25, 0.3) is 0 Å². The second-order valence-electron chi connectivity index (χ2n) is 10.0. The quantitative estimate of drug-likeness (QED) is 0.377. The SMILES string of the molecule is CC(C)[C@H]1NC(=O)[C@@H](NC(=O)c2ccccn2)CCCCNC(=O)[C@@H](Cc2ccccc2)NC(=O)c2csc1n2. The number of pyridine rings is 1. The number of thiazole rings is 1. The number of amides is 4. The van der Waals surface area contributed by atoms with Gasteiger partial charge in [0.1, 0.15) is 28.5 Å². The van der Waals surface area contributed by atoms with Crippen molar-refractivity contribution in [2.45, 2.75) is 57.7 Å². The van der Waals surface area contributed by atoms with E-state index in [1.165, 1.54) is 17.5 Å². The van der Waals surface area contributed by atoms with Gasteiger partial charge in [-0.05, 0) is 42.9 Å². The van der Waals surface area contributed by atoms with Crippen LogP contribution in [0.5, 0.6) is 0 Å². The molecule has 0 unspecified atom stereocenters. The van der Waals surface area contributed by atoms with E-state index < -0.39 is 29.9 Å². The number of hydrogen-bond acceptors (Lipinski definition) is 7. The second-order valence-corrected chi connectivity index (χ2v) is 10.9. The Morgan fingerprint density at radius 2 is 1.80 bits per heavy atom. The predicted molar refractivity (Wildman–Crippen MR) is 152 cm³/mol. The summed E-state index contributed by atoms with van der Waals surface area (Å²) in [5.41, 5.74) is 1.32. The van der Waals surface area contributed by atoms with Crippen molar-refractivity contribution in [1.82, 2.24) is 31.2 Å². The molecular formula is C29H34N6O4S. The molecule has 11 heteroatoms. The van der Waals surface area contributed by atoms with Crippen molar-refractivity contribution >= 4 is 35.0 Å². The molecule has 0 spiro atoms. The lowest BCUT2D eigenvalue weighted by molar-refractivity contribution is -0.124. The van der Waals surface area contributed by atoms with Crippen LogP contribution in [-0.4, -0.2) is 52.2 Å². The Kier molecular flexibility index (Phi) is 9.96. The third-order valence-corrected chi connectivity index (χ3v) is 7.56. The van der Waals surface area contributed by atoms with E-state index in [0.29, 0.717) is 37.2 Å². The van der Waals surface area contributed by atoms with Crippen LogP contribution >= 0.6 is 11.3 Å². The fraction of sp³-hybridized carbons (Fsp3) is 0.379. The molecule has 4 N–H and O–H groups in total. The topological polar surface area (TPSA) is 142 Å². The van der Waals surface area contributed by atoms with Crippen molar-refractivity contribution in [2.24, 2.45) is 5.92 Å². The van der Waals surface area contributed by atoms with Crippen molar-refractivity contribution in [3.63, 3.8) is 0 Å². The molecule has 1 aliphatic rings. The maximum absolute atomic E-state index is 13.4. The average Bonchev–Trinajstić information content (AvgIpc) is 3.45. The highest BCUT2D eigenvalue weighted by Crippen LogP contribution is 2.26. The van der Waals surface area contributed by atoms with Gasteiger partial charge in [0.15, 0.2) is 0 Å². The van der Waals surface area contributed by atoms with Gasteiger partial charge in [-0.1, -0.05) is 50.2 Å². The summed E-state index contributed by atoms with van der Waals surface area (Å²) in [4.78, 5) is 61.1. The molecule has 0 saturated heterocycles. The predicted octanol–water partition coefficient (Wildman–Crippen LogP) is 2.79. The van der Waals surface area contributed by atoms with E-state index >= 15 is 0 Å². The number of benzene rings is 1. The molecule has 10 nitrogen and oxygen atoms in total. The molecule has 0 fully saturated rings. The molecule has 3 aromatic rings.